The van der Waals surface area contributed by atoms with E-state index in [0.29, 0.717) is 6.54 Å². The maximum Gasteiger partial charge on any atom is 0.307 e. The Balaban J connectivity index is 1.52. The molecule has 4 rings (SSSR count). The third-order valence-electron chi connectivity index (χ3n) is 5.52. The van der Waals surface area contributed by atoms with Crippen LogP contribution in [0.2, 0.25) is 0 Å². The molecule has 1 spiro atoms. The summed E-state index contributed by atoms with van der Waals surface area (Å²) in [6, 6.07) is 6.04. The predicted octanol–water partition coefficient (Wildman–Crippen LogP) is 2.71. The summed E-state index contributed by atoms with van der Waals surface area (Å²) in [5, 5.41) is 0. The molecule has 132 valence electrons. The first-order chi connectivity index (χ1) is 12.0. The molecule has 1 aliphatic heterocycles. The van der Waals surface area contributed by atoms with Gasteiger partial charge in [0.05, 0.1) is 29.9 Å². The molecular weight excluding hydrogens is 318 g/mol. The van der Waals surface area contributed by atoms with Crippen molar-refractivity contribution >= 4 is 22.9 Å². The zero-order valence-electron chi connectivity index (χ0n) is 14.7. The van der Waals surface area contributed by atoms with E-state index < -0.39 is 5.60 Å². The van der Waals surface area contributed by atoms with Gasteiger partial charge in [0.25, 0.3) is 0 Å². The summed E-state index contributed by atoms with van der Waals surface area (Å²) in [7, 11) is 1.77. The number of carbonyl (C=O) groups excluding carboxylic acids is 2. The van der Waals surface area contributed by atoms with Crippen molar-refractivity contribution in [2.24, 2.45) is 5.92 Å². The van der Waals surface area contributed by atoms with Crippen molar-refractivity contribution in [1.29, 1.82) is 0 Å². The summed E-state index contributed by atoms with van der Waals surface area (Å²) in [4.78, 5) is 34.3. The minimum absolute atomic E-state index is 0.0237. The van der Waals surface area contributed by atoms with Crippen LogP contribution < -0.4 is 0 Å². The number of aryl methyl sites for hydroxylation is 1. The molecule has 2 heterocycles. The lowest BCUT2D eigenvalue weighted by Gasteiger charge is -2.30. The molecule has 1 saturated carbocycles. The lowest BCUT2D eigenvalue weighted by molar-refractivity contribution is -0.151. The van der Waals surface area contributed by atoms with E-state index in [1.54, 1.807) is 11.9 Å². The highest BCUT2D eigenvalue weighted by atomic mass is 16.6. The fourth-order valence-corrected chi connectivity index (χ4v) is 4.25. The van der Waals surface area contributed by atoms with Gasteiger partial charge in [-0.3, -0.25) is 9.59 Å². The quantitative estimate of drug-likeness (QED) is 0.871. The van der Waals surface area contributed by atoms with Crippen LogP contribution in [-0.4, -0.2) is 39.4 Å². The number of hydrogen-bond donors (Lipinski definition) is 1. The summed E-state index contributed by atoms with van der Waals surface area (Å²) in [5.41, 5.74) is 2.47. The third-order valence-corrected chi connectivity index (χ3v) is 5.52. The van der Waals surface area contributed by atoms with Crippen LogP contribution in [0.25, 0.3) is 11.0 Å². The molecule has 2 aromatic rings. The van der Waals surface area contributed by atoms with Gasteiger partial charge < -0.3 is 14.6 Å². The van der Waals surface area contributed by atoms with Crippen LogP contribution in [0.15, 0.2) is 18.2 Å². The summed E-state index contributed by atoms with van der Waals surface area (Å²) in [6.07, 6.45) is 3.83. The summed E-state index contributed by atoms with van der Waals surface area (Å²) < 4.78 is 5.60. The molecular formula is C19H23N3O3. The monoisotopic (exact) mass is 341 g/mol. The van der Waals surface area contributed by atoms with Crippen molar-refractivity contribution in [2.75, 3.05) is 7.05 Å². The van der Waals surface area contributed by atoms with Crippen LogP contribution in [0.1, 0.15) is 43.5 Å². The highest BCUT2D eigenvalue weighted by molar-refractivity contribution is 5.88. The largest absolute Gasteiger partial charge is 0.458 e. The number of fused-ring (bicyclic) bond motifs is 1. The molecule has 1 unspecified atom stereocenters. The van der Waals surface area contributed by atoms with Gasteiger partial charge in [0.15, 0.2) is 0 Å². The van der Waals surface area contributed by atoms with Crippen molar-refractivity contribution in [3.63, 3.8) is 0 Å². The normalized spacial score (nSPS) is 21.8. The number of aromatic amines is 1. The first-order valence-corrected chi connectivity index (χ1v) is 8.89. The van der Waals surface area contributed by atoms with Gasteiger partial charge in [-0.15, -0.1) is 0 Å². The average Bonchev–Trinajstić information content (AvgIpc) is 3.26. The van der Waals surface area contributed by atoms with Gasteiger partial charge in [0.2, 0.25) is 5.91 Å². The molecule has 0 radical (unpaired) electrons. The number of nitrogens with one attached hydrogen (secondary N) is 1. The second-order valence-electron chi connectivity index (χ2n) is 7.40. The van der Waals surface area contributed by atoms with Crippen LogP contribution in [0.4, 0.5) is 0 Å². The molecule has 25 heavy (non-hydrogen) atoms. The van der Waals surface area contributed by atoms with Crippen molar-refractivity contribution in [3.8, 4) is 0 Å². The van der Waals surface area contributed by atoms with Crippen LogP contribution in [-0.2, 0) is 20.9 Å². The highest BCUT2D eigenvalue weighted by Crippen LogP contribution is 2.46. The molecule has 1 atom stereocenters. The van der Waals surface area contributed by atoms with Crippen molar-refractivity contribution in [3.05, 3.63) is 29.6 Å². The molecule has 1 aromatic heterocycles. The minimum atomic E-state index is -0.562. The van der Waals surface area contributed by atoms with E-state index in [9.17, 15) is 9.59 Å². The molecule has 1 saturated heterocycles. The van der Waals surface area contributed by atoms with Gasteiger partial charge in [-0.05, 0) is 50.3 Å². The number of carbonyl (C=O) groups is 2. The SMILES string of the molecule is Cc1ccc2nc(CN(C)C(=O)C3CC(=O)OC34CCCC4)[nH]c2c1. The zero-order chi connectivity index (χ0) is 17.6. The van der Waals surface area contributed by atoms with Crippen molar-refractivity contribution in [1.82, 2.24) is 14.9 Å². The minimum Gasteiger partial charge on any atom is -0.458 e. The number of hydrogen-bond acceptors (Lipinski definition) is 4. The van der Waals surface area contributed by atoms with Gasteiger partial charge in [-0.2, -0.15) is 0 Å². The lowest BCUT2D eigenvalue weighted by Crippen LogP contribution is -2.43. The number of esters is 1. The fourth-order valence-electron chi connectivity index (χ4n) is 4.25. The van der Waals surface area contributed by atoms with E-state index in [4.69, 9.17) is 4.74 Å². The predicted molar refractivity (Wildman–Crippen MR) is 92.7 cm³/mol. The van der Waals surface area contributed by atoms with Gasteiger partial charge in [-0.25, -0.2) is 4.98 Å². The maximum atomic E-state index is 13.0. The molecule has 1 aliphatic carbocycles. The number of aromatic nitrogens is 2. The first-order valence-electron chi connectivity index (χ1n) is 8.89. The van der Waals surface area contributed by atoms with Crippen LogP contribution in [0.5, 0.6) is 0 Å². The van der Waals surface area contributed by atoms with Crippen LogP contribution in [0, 0.1) is 12.8 Å². The van der Waals surface area contributed by atoms with E-state index in [1.807, 2.05) is 25.1 Å². The van der Waals surface area contributed by atoms with E-state index in [1.165, 1.54) is 0 Å². The zero-order valence-corrected chi connectivity index (χ0v) is 14.7. The molecule has 6 heteroatoms. The number of benzene rings is 1. The van der Waals surface area contributed by atoms with Gasteiger partial charge in [-0.1, -0.05) is 6.07 Å². The molecule has 2 fully saturated rings. The Bertz CT molecular complexity index is 836. The van der Waals surface area contributed by atoms with Crippen LogP contribution in [0.3, 0.4) is 0 Å². The highest BCUT2D eigenvalue weighted by Gasteiger charge is 2.54. The Labute approximate surface area is 146 Å². The fraction of sp³-hybridized carbons (Fsp3) is 0.526. The Morgan fingerprint density at radius 3 is 2.92 bits per heavy atom. The lowest BCUT2D eigenvalue weighted by atomic mass is 9.84. The summed E-state index contributed by atoms with van der Waals surface area (Å²) >= 11 is 0. The molecule has 0 bridgehead atoms. The Morgan fingerprint density at radius 2 is 2.16 bits per heavy atom. The molecule has 1 N–H and O–H groups in total. The number of H-pyrrole nitrogens is 1. The number of rotatable bonds is 3. The van der Waals surface area contributed by atoms with Crippen LogP contribution >= 0.6 is 0 Å². The van der Waals surface area contributed by atoms with Gasteiger partial charge in [0, 0.05) is 7.05 Å². The Kier molecular flexibility index (Phi) is 3.78. The Hall–Kier alpha value is -2.37. The van der Waals surface area contributed by atoms with Gasteiger partial charge >= 0.3 is 5.97 Å². The smallest absolute Gasteiger partial charge is 0.307 e. The van der Waals surface area contributed by atoms with Gasteiger partial charge in [0.1, 0.15) is 11.4 Å². The third kappa shape index (κ3) is 2.79. The van der Waals surface area contributed by atoms with E-state index in [2.05, 4.69) is 9.97 Å². The maximum absolute atomic E-state index is 13.0. The number of ether oxygens (including phenoxy) is 1. The second kappa shape index (κ2) is 5.86. The van der Waals surface area contributed by atoms with E-state index in [0.717, 1.165) is 48.1 Å². The summed E-state index contributed by atoms with van der Waals surface area (Å²) in [6.45, 7) is 2.43. The van der Waals surface area contributed by atoms with E-state index >= 15 is 0 Å². The molecule has 1 amide bonds. The molecule has 6 nitrogen and oxygen atoms in total. The van der Waals surface area contributed by atoms with Crippen molar-refractivity contribution in [2.45, 2.75) is 51.2 Å². The number of amides is 1. The average molecular weight is 341 g/mol. The van der Waals surface area contributed by atoms with E-state index in [-0.39, 0.29) is 24.2 Å². The van der Waals surface area contributed by atoms with Crippen molar-refractivity contribution < 1.29 is 14.3 Å². The second-order valence-corrected chi connectivity index (χ2v) is 7.40. The topological polar surface area (TPSA) is 75.3 Å². The standard InChI is InChI=1S/C19H23N3O3/c1-12-5-6-14-15(9-12)21-16(20-14)11-22(2)18(24)13-10-17(23)25-19(13)7-3-4-8-19/h5-6,9,13H,3-4,7-8,10-11H2,1-2H3,(H,20,21). The molecule has 1 aromatic carbocycles. The first kappa shape index (κ1) is 16.1. The molecule has 2 aliphatic rings. The summed E-state index contributed by atoms with van der Waals surface area (Å²) in [5.74, 6) is 0.124. The number of imidazole rings is 1. The Morgan fingerprint density at radius 1 is 1.40 bits per heavy atom. The number of nitrogens with zero attached hydrogens (tertiary/aromatic N) is 2.